The molecule has 34 heavy (non-hydrogen) atoms. The predicted octanol–water partition coefficient (Wildman–Crippen LogP) is 3.04. The third kappa shape index (κ3) is 5.45. The summed E-state index contributed by atoms with van der Waals surface area (Å²) in [6, 6.07) is 9.20. The number of carbonyl (C=O) groups excluding carboxylic acids is 2. The summed E-state index contributed by atoms with van der Waals surface area (Å²) >= 11 is 1.35. The minimum absolute atomic E-state index is 0.00306. The van der Waals surface area contributed by atoms with Crippen molar-refractivity contribution in [1.29, 1.82) is 10.5 Å². The number of aryl methyl sites for hydroxylation is 1. The molecule has 0 aliphatic heterocycles. The van der Waals surface area contributed by atoms with Crippen LogP contribution in [0.1, 0.15) is 57.3 Å². The van der Waals surface area contributed by atoms with Gasteiger partial charge in [0.15, 0.2) is 0 Å². The number of hydrogen-bond acceptors (Lipinski definition) is 7. The van der Waals surface area contributed by atoms with Crippen LogP contribution in [-0.4, -0.2) is 37.6 Å². The fourth-order valence-corrected chi connectivity index (χ4v) is 6.60. The van der Waals surface area contributed by atoms with Crippen LogP contribution in [0.4, 0.5) is 5.00 Å². The number of rotatable bonds is 9. The molecule has 0 saturated heterocycles. The van der Waals surface area contributed by atoms with Gasteiger partial charge < -0.3 is 11.1 Å². The maximum Gasteiger partial charge on any atom is 0.256 e. The number of hydrogen-bond donors (Lipinski definition) is 2. The summed E-state index contributed by atoms with van der Waals surface area (Å²) in [6.45, 7) is 2.06. The van der Waals surface area contributed by atoms with Crippen molar-refractivity contribution in [3.63, 3.8) is 0 Å². The van der Waals surface area contributed by atoms with Crippen molar-refractivity contribution >= 4 is 38.2 Å². The highest BCUT2D eigenvalue weighted by molar-refractivity contribution is 7.89. The minimum Gasteiger partial charge on any atom is -0.365 e. The maximum absolute atomic E-state index is 12.9. The highest BCUT2D eigenvalue weighted by Gasteiger charge is 2.28. The van der Waals surface area contributed by atoms with Gasteiger partial charge in [-0.05, 0) is 55.0 Å². The summed E-state index contributed by atoms with van der Waals surface area (Å²) in [7, 11) is -3.93. The lowest BCUT2D eigenvalue weighted by molar-refractivity contribution is 0.1000. The first kappa shape index (κ1) is 25.4. The van der Waals surface area contributed by atoms with Gasteiger partial charge >= 0.3 is 0 Å². The third-order valence-electron chi connectivity index (χ3n) is 5.68. The van der Waals surface area contributed by atoms with Gasteiger partial charge in [-0.25, -0.2) is 8.42 Å². The lowest BCUT2D eigenvalue weighted by atomic mass is 9.87. The molecule has 1 aliphatic carbocycles. The molecule has 3 rings (SSSR count). The van der Waals surface area contributed by atoms with E-state index < -0.39 is 21.8 Å². The van der Waals surface area contributed by atoms with Crippen molar-refractivity contribution in [2.75, 3.05) is 18.4 Å². The average Bonchev–Trinajstić information content (AvgIpc) is 3.16. The highest BCUT2D eigenvalue weighted by atomic mass is 32.2. The maximum atomic E-state index is 12.9. The monoisotopic (exact) mass is 499 g/mol. The molecule has 9 nitrogen and oxygen atoms in total. The molecule has 11 heteroatoms. The van der Waals surface area contributed by atoms with E-state index in [0.717, 1.165) is 34.0 Å². The number of primary amides is 1. The van der Waals surface area contributed by atoms with Crippen LogP contribution in [0.3, 0.4) is 0 Å². The molecule has 0 fully saturated rings. The summed E-state index contributed by atoms with van der Waals surface area (Å²) in [4.78, 5) is 26.0. The molecule has 2 amide bonds. The fraction of sp³-hybridized carbons (Fsp3) is 0.391. The Bertz CT molecular complexity index is 1250. The largest absolute Gasteiger partial charge is 0.365 e. The van der Waals surface area contributed by atoms with Crippen molar-refractivity contribution in [2.24, 2.45) is 11.7 Å². The van der Waals surface area contributed by atoms with Gasteiger partial charge in [0.25, 0.3) is 11.8 Å². The molecule has 178 valence electrons. The molecule has 0 spiro atoms. The molecule has 3 N–H and O–H groups in total. The van der Waals surface area contributed by atoms with Crippen molar-refractivity contribution in [1.82, 2.24) is 4.31 Å². The van der Waals surface area contributed by atoms with Crippen molar-refractivity contribution in [3.05, 3.63) is 45.8 Å². The summed E-state index contributed by atoms with van der Waals surface area (Å²) in [5.41, 5.74) is 7.09. The Labute approximate surface area is 202 Å². The van der Waals surface area contributed by atoms with E-state index >= 15 is 0 Å². The Morgan fingerprint density at radius 2 is 1.79 bits per heavy atom. The molecule has 0 radical (unpaired) electrons. The second-order valence-corrected chi connectivity index (χ2v) is 11.2. The lowest BCUT2D eigenvalue weighted by Gasteiger charge is -2.20. The zero-order valence-corrected chi connectivity index (χ0v) is 20.3. The van der Waals surface area contributed by atoms with E-state index in [0.29, 0.717) is 16.5 Å². The molecule has 2 aromatic rings. The van der Waals surface area contributed by atoms with Crippen molar-refractivity contribution < 1.29 is 18.0 Å². The third-order valence-corrected chi connectivity index (χ3v) is 8.80. The Hall–Kier alpha value is -3.25. The first-order valence-corrected chi connectivity index (χ1v) is 13.0. The molecule has 1 heterocycles. The highest BCUT2D eigenvalue weighted by Crippen LogP contribution is 2.39. The van der Waals surface area contributed by atoms with E-state index in [1.54, 1.807) is 0 Å². The molecule has 1 aliphatic rings. The van der Waals surface area contributed by atoms with E-state index in [2.05, 4.69) is 12.2 Å². The van der Waals surface area contributed by atoms with Crippen LogP contribution in [0.15, 0.2) is 29.2 Å². The Balaban J connectivity index is 1.81. The summed E-state index contributed by atoms with van der Waals surface area (Å²) in [5.74, 6) is -0.638. The Kier molecular flexibility index (Phi) is 8.05. The smallest absolute Gasteiger partial charge is 0.256 e. The molecule has 1 unspecified atom stereocenters. The SMILES string of the molecule is CC1CCc2sc(NC(=O)c3ccc(S(=O)(=O)N(CCC#N)CCC#N)cc3)c(C(N)=O)c2C1. The topological polar surface area (TPSA) is 157 Å². The number of fused-ring (bicyclic) bond motifs is 1. The fourth-order valence-electron chi connectivity index (χ4n) is 3.91. The molecule has 0 saturated carbocycles. The van der Waals surface area contributed by atoms with Crippen LogP contribution in [-0.2, 0) is 22.9 Å². The number of thiophene rings is 1. The van der Waals surface area contributed by atoms with Gasteiger partial charge in [0.1, 0.15) is 5.00 Å². The van der Waals surface area contributed by atoms with E-state index in [-0.39, 0.29) is 36.4 Å². The zero-order valence-electron chi connectivity index (χ0n) is 18.7. The second kappa shape index (κ2) is 10.8. The molecule has 0 bridgehead atoms. The number of anilines is 1. The van der Waals surface area contributed by atoms with Crippen molar-refractivity contribution in [2.45, 2.75) is 43.9 Å². The Morgan fingerprint density at radius 1 is 1.18 bits per heavy atom. The zero-order chi connectivity index (χ0) is 24.9. The number of nitrogens with one attached hydrogen (secondary N) is 1. The molecular formula is C23H25N5O4S2. The van der Waals surface area contributed by atoms with Crippen LogP contribution in [0, 0.1) is 28.6 Å². The normalized spacial score (nSPS) is 15.2. The average molecular weight is 500 g/mol. The number of sulfonamides is 1. The van der Waals surface area contributed by atoms with E-state index in [4.69, 9.17) is 16.3 Å². The summed E-state index contributed by atoms with van der Waals surface area (Å²) < 4.78 is 27.0. The van der Waals surface area contributed by atoms with Gasteiger partial charge in [0.05, 0.1) is 22.6 Å². The summed E-state index contributed by atoms with van der Waals surface area (Å²) in [5, 5.41) is 20.8. The number of nitrogens with two attached hydrogens (primary N) is 1. The number of benzene rings is 1. The van der Waals surface area contributed by atoms with Gasteiger partial charge in [-0.2, -0.15) is 14.8 Å². The van der Waals surface area contributed by atoms with Crippen LogP contribution in [0.5, 0.6) is 0 Å². The van der Waals surface area contributed by atoms with Gasteiger partial charge in [0.2, 0.25) is 10.0 Å². The first-order chi connectivity index (χ1) is 16.2. The molecule has 1 aromatic heterocycles. The van der Waals surface area contributed by atoms with Gasteiger partial charge in [0, 0.05) is 36.4 Å². The predicted molar refractivity (Wildman–Crippen MR) is 128 cm³/mol. The first-order valence-electron chi connectivity index (χ1n) is 10.8. The quantitative estimate of drug-likeness (QED) is 0.540. The number of carbonyl (C=O) groups is 2. The molecule has 1 aromatic carbocycles. The Morgan fingerprint density at radius 3 is 2.35 bits per heavy atom. The van der Waals surface area contributed by atoms with Crippen LogP contribution in [0.25, 0.3) is 0 Å². The van der Waals surface area contributed by atoms with E-state index in [1.807, 2.05) is 12.1 Å². The second-order valence-electron chi connectivity index (χ2n) is 8.12. The minimum atomic E-state index is -3.93. The number of nitrogens with zero attached hydrogens (tertiary/aromatic N) is 3. The van der Waals surface area contributed by atoms with E-state index in [9.17, 15) is 18.0 Å². The summed E-state index contributed by atoms with van der Waals surface area (Å²) in [6.07, 6.45) is 2.57. The van der Waals surface area contributed by atoms with Gasteiger partial charge in [-0.3, -0.25) is 9.59 Å². The van der Waals surface area contributed by atoms with E-state index in [1.165, 1.54) is 35.6 Å². The van der Waals surface area contributed by atoms with Crippen LogP contribution in [0.2, 0.25) is 0 Å². The number of nitriles is 2. The lowest BCUT2D eigenvalue weighted by Crippen LogP contribution is -2.32. The van der Waals surface area contributed by atoms with Gasteiger partial charge in [-0.1, -0.05) is 6.92 Å². The van der Waals surface area contributed by atoms with Crippen molar-refractivity contribution in [3.8, 4) is 12.1 Å². The number of amides is 2. The molecule has 1 atom stereocenters. The van der Waals surface area contributed by atoms with Gasteiger partial charge in [-0.15, -0.1) is 11.3 Å². The van der Waals surface area contributed by atoms with Crippen LogP contribution < -0.4 is 11.1 Å². The standard InChI is InChI=1S/C23H25N5O4S2/c1-15-4-9-19-18(14-15)20(21(26)29)23(33-19)27-22(30)16-5-7-17(8-6-16)34(31,32)28(12-2-10-24)13-3-11-25/h5-8,15H,2-4,9,12-14H2,1H3,(H2,26,29)(H,27,30). The van der Waals surface area contributed by atoms with Crippen LogP contribution >= 0.6 is 11.3 Å². The molecular weight excluding hydrogens is 474 g/mol.